The number of aliphatic hydroxyl groups is 3. The molecular weight excluding hydrogens is 711 g/mol. The molecule has 0 aliphatic heterocycles. The monoisotopic (exact) mass is 793 g/mol. The van der Waals surface area contributed by atoms with E-state index in [1.54, 1.807) is 0 Å². The summed E-state index contributed by atoms with van der Waals surface area (Å²) < 4.78 is 32.7. The summed E-state index contributed by atoms with van der Waals surface area (Å²) in [5.41, 5.74) is 0. The summed E-state index contributed by atoms with van der Waals surface area (Å²) >= 11 is 0. The van der Waals surface area contributed by atoms with Gasteiger partial charge < -0.3 is 29.7 Å². The number of phosphoric acid groups is 1. The Labute approximate surface area is 329 Å². The fourth-order valence-corrected chi connectivity index (χ4v) is 6.86. The van der Waals surface area contributed by atoms with Gasteiger partial charge in [0.2, 0.25) is 0 Å². The van der Waals surface area contributed by atoms with Gasteiger partial charge in [-0.05, 0) is 51.4 Å². The average molecular weight is 793 g/mol. The molecule has 0 aromatic rings. The predicted octanol–water partition coefficient (Wildman–Crippen LogP) is 10.2. The third kappa shape index (κ3) is 37.6. The van der Waals surface area contributed by atoms with Gasteiger partial charge in [-0.15, -0.1) is 0 Å². The van der Waals surface area contributed by atoms with E-state index in [1.807, 2.05) is 0 Å². The van der Waals surface area contributed by atoms with Gasteiger partial charge in [0.25, 0.3) is 0 Å². The summed E-state index contributed by atoms with van der Waals surface area (Å²) in [6.45, 7) is 2.27. The minimum atomic E-state index is -4.63. The minimum absolute atomic E-state index is 0.158. The Morgan fingerprint density at radius 3 is 1.50 bits per heavy atom. The van der Waals surface area contributed by atoms with E-state index in [2.05, 4.69) is 30.5 Å². The minimum Gasteiger partial charge on any atom is -0.462 e. The molecule has 0 amide bonds. The van der Waals surface area contributed by atoms with Crippen LogP contribution in [0, 0.1) is 0 Å². The van der Waals surface area contributed by atoms with Crippen LogP contribution in [0.1, 0.15) is 200 Å². The van der Waals surface area contributed by atoms with Gasteiger partial charge in [0.05, 0.1) is 25.9 Å². The Hall–Kier alpha value is -1.33. The van der Waals surface area contributed by atoms with E-state index in [4.69, 9.17) is 19.1 Å². The first-order valence-electron chi connectivity index (χ1n) is 21.7. The van der Waals surface area contributed by atoms with Crippen LogP contribution in [0.5, 0.6) is 0 Å². The zero-order valence-corrected chi connectivity index (χ0v) is 35.2. The normalized spacial score (nSPS) is 14.6. The molecule has 4 atom stereocenters. The standard InChI is InChI=1S/C42H81O11P/c1-3-5-7-9-10-11-12-13-14-15-16-17-21-24-28-32-41(46)50-36-40(37-52-54(48,49)51-35-39(45)34-43)53-42(47)33-29-25-22-19-18-20-23-27-31-38(44)30-26-8-6-4-2/h13-14,38-40,43-45H,3-12,15-37H2,1-2H3,(H,48,49)/b14-13-. The van der Waals surface area contributed by atoms with E-state index in [1.165, 1.54) is 57.8 Å². The lowest BCUT2D eigenvalue weighted by molar-refractivity contribution is -0.161. The van der Waals surface area contributed by atoms with Crippen LogP contribution in [-0.2, 0) is 32.7 Å². The highest BCUT2D eigenvalue weighted by Gasteiger charge is 2.27. The third-order valence-electron chi connectivity index (χ3n) is 9.49. The van der Waals surface area contributed by atoms with Crippen LogP contribution in [0.2, 0.25) is 0 Å². The molecule has 320 valence electrons. The van der Waals surface area contributed by atoms with Gasteiger partial charge >= 0.3 is 19.8 Å². The summed E-state index contributed by atoms with van der Waals surface area (Å²) in [5, 5.41) is 28.4. The number of rotatable bonds is 41. The maximum Gasteiger partial charge on any atom is 0.472 e. The average Bonchev–Trinajstić information content (AvgIpc) is 3.15. The van der Waals surface area contributed by atoms with Crippen molar-refractivity contribution in [2.45, 2.75) is 218 Å². The van der Waals surface area contributed by atoms with E-state index < -0.39 is 51.8 Å². The van der Waals surface area contributed by atoms with Crippen molar-refractivity contribution in [2.24, 2.45) is 0 Å². The first kappa shape index (κ1) is 52.7. The van der Waals surface area contributed by atoms with Crippen molar-refractivity contribution in [1.82, 2.24) is 0 Å². The van der Waals surface area contributed by atoms with Crippen molar-refractivity contribution in [3.8, 4) is 0 Å². The molecule has 0 bridgehead atoms. The highest BCUT2D eigenvalue weighted by Crippen LogP contribution is 2.43. The number of esters is 2. The summed E-state index contributed by atoms with van der Waals surface area (Å²) in [6.07, 6.45) is 31.9. The number of hydrogen-bond donors (Lipinski definition) is 4. The van der Waals surface area contributed by atoms with E-state index in [0.717, 1.165) is 103 Å². The number of hydrogen-bond acceptors (Lipinski definition) is 10. The molecule has 0 spiro atoms. The predicted molar refractivity (Wildman–Crippen MR) is 216 cm³/mol. The molecule has 0 saturated heterocycles. The second-order valence-corrected chi connectivity index (χ2v) is 16.3. The molecule has 11 nitrogen and oxygen atoms in total. The smallest absolute Gasteiger partial charge is 0.462 e. The molecule has 4 N–H and O–H groups in total. The number of phosphoric ester groups is 1. The van der Waals surface area contributed by atoms with E-state index >= 15 is 0 Å². The van der Waals surface area contributed by atoms with Crippen LogP contribution in [0.3, 0.4) is 0 Å². The molecule has 0 aromatic carbocycles. The van der Waals surface area contributed by atoms with Gasteiger partial charge in [0.1, 0.15) is 12.7 Å². The van der Waals surface area contributed by atoms with Gasteiger partial charge in [-0.25, -0.2) is 4.57 Å². The number of carbonyl (C=O) groups is 2. The topological polar surface area (TPSA) is 169 Å². The van der Waals surface area contributed by atoms with Crippen LogP contribution in [0.25, 0.3) is 0 Å². The summed E-state index contributed by atoms with van der Waals surface area (Å²) in [4.78, 5) is 35.0. The lowest BCUT2D eigenvalue weighted by atomic mass is 10.0. The second kappa shape index (κ2) is 38.5. The molecule has 54 heavy (non-hydrogen) atoms. The lowest BCUT2D eigenvalue weighted by Crippen LogP contribution is -2.29. The molecule has 4 unspecified atom stereocenters. The van der Waals surface area contributed by atoms with E-state index in [-0.39, 0.29) is 25.6 Å². The second-order valence-electron chi connectivity index (χ2n) is 14.9. The number of unbranched alkanes of at least 4 members (excludes halogenated alkanes) is 21. The van der Waals surface area contributed by atoms with Crippen molar-refractivity contribution >= 4 is 19.8 Å². The first-order chi connectivity index (χ1) is 26.1. The summed E-state index contributed by atoms with van der Waals surface area (Å²) in [5.74, 6) is -0.962. The van der Waals surface area contributed by atoms with Crippen LogP contribution >= 0.6 is 7.82 Å². The summed E-state index contributed by atoms with van der Waals surface area (Å²) in [7, 11) is -4.63. The fraction of sp³-hybridized carbons (Fsp3) is 0.905. The van der Waals surface area contributed by atoms with Crippen molar-refractivity contribution in [3.63, 3.8) is 0 Å². The Kier molecular flexibility index (Phi) is 37.6. The molecule has 0 aliphatic carbocycles. The fourth-order valence-electron chi connectivity index (χ4n) is 6.07. The van der Waals surface area contributed by atoms with Gasteiger partial charge in [-0.2, -0.15) is 0 Å². The Morgan fingerprint density at radius 1 is 0.556 bits per heavy atom. The van der Waals surface area contributed by atoms with Crippen LogP contribution in [0.4, 0.5) is 0 Å². The molecule has 0 fully saturated rings. The quantitative estimate of drug-likeness (QED) is 0.0201. The molecular formula is C42H81O11P. The molecule has 0 aliphatic rings. The van der Waals surface area contributed by atoms with Crippen LogP contribution < -0.4 is 0 Å². The third-order valence-corrected chi connectivity index (χ3v) is 10.4. The van der Waals surface area contributed by atoms with Crippen molar-refractivity contribution in [1.29, 1.82) is 0 Å². The molecule has 0 heterocycles. The van der Waals surface area contributed by atoms with Crippen LogP contribution in [0.15, 0.2) is 12.2 Å². The molecule has 0 radical (unpaired) electrons. The van der Waals surface area contributed by atoms with Crippen molar-refractivity contribution < 1.29 is 52.9 Å². The number of aliphatic hydroxyl groups excluding tert-OH is 3. The van der Waals surface area contributed by atoms with E-state index in [0.29, 0.717) is 12.8 Å². The Bertz CT molecular complexity index is 932. The van der Waals surface area contributed by atoms with Crippen LogP contribution in [-0.4, -0.2) is 76.9 Å². The van der Waals surface area contributed by atoms with Gasteiger partial charge in [-0.3, -0.25) is 18.6 Å². The van der Waals surface area contributed by atoms with Crippen molar-refractivity contribution in [3.05, 3.63) is 12.2 Å². The zero-order valence-electron chi connectivity index (χ0n) is 34.3. The molecule has 12 heteroatoms. The van der Waals surface area contributed by atoms with Gasteiger partial charge in [0.15, 0.2) is 6.10 Å². The molecule has 0 rings (SSSR count). The number of allylic oxidation sites excluding steroid dienone is 2. The Morgan fingerprint density at radius 2 is 0.981 bits per heavy atom. The van der Waals surface area contributed by atoms with Crippen molar-refractivity contribution in [2.75, 3.05) is 26.4 Å². The largest absolute Gasteiger partial charge is 0.472 e. The summed E-state index contributed by atoms with van der Waals surface area (Å²) in [6, 6.07) is 0. The number of ether oxygens (including phenoxy) is 2. The maximum absolute atomic E-state index is 12.6. The van der Waals surface area contributed by atoms with E-state index in [9.17, 15) is 29.3 Å². The van der Waals surface area contributed by atoms with Gasteiger partial charge in [0, 0.05) is 12.8 Å². The highest BCUT2D eigenvalue weighted by molar-refractivity contribution is 7.47. The maximum atomic E-state index is 12.6. The van der Waals surface area contributed by atoms with Gasteiger partial charge in [-0.1, -0.05) is 148 Å². The number of carbonyl (C=O) groups excluding carboxylic acids is 2. The SMILES string of the molecule is CCCCCCCC/C=C\CCCCCCCC(=O)OCC(COP(=O)(O)OCC(O)CO)OC(=O)CCCCCCCCCCC(O)CCCCCC. The molecule has 0 aromatic heterocycles. The Balaban J connectivity index is 4.32. The highest BCUT2D eigenvalue weighted by atomic mass is 31.2. The lowest BCUT2D eigenvalue weighted by Gasteiger charge is -2.20. The first-order valence-corrected chi connectivity index (χ1v) is 23.2. The zero-order chi connectivity index (χ0) is 40.0. The molecule has 0 saturated carbocycles.